The molecule has 0 bridgehead atoms. The van der Waals surface area contributed by atoms with Crippen LogP contribution in [0, 0.1) is 18.0 Å². The van der Waals surface area contributed by atoms with Gasteiger partial charge in [-0.25, -0.2) is 0 Å². The highest BCUT2D eigenvalue weighted by molar-refractivity contribution is 6.21. The Kier molecular flexibility index (Phi) is 7.02. The van der Waals surface area contributed by atoms with Gasteiger partial charge in [-0.15, -0.1) is 31.3 Å². The number of hydrogen-bond acceptors (Lipinski definition) is 5. The van der Waals surface area contributed by atoms with Gasteiger partial charge in [-0.3, -0.25) is 0 Å². The molecule has 0 aliphatic heterocycles. The fourth-order valence-electron chi connectivity index (χ4n) is 6.06. The standard InChI is InChI=1S/C36H16F6N4O2/c1-44-46-34-30-15-22(20-4-10-24(11-5-20)48-36(40,41)42)7-13-26(30)28-16-31-27(17-32(28)34)25-12-6-21(14-29(25)33(31)45-18-43)19-2-8-23(9-3-19)47-35(37,38)39/h2-17H. The molecule has 48 heavy (non-hydrogen) atoms. The molecule has 7 aromatic carbocycles. The molecule has 12 heteroatoms. The Balaban J connectivity index is 1.38. The lowest BCUT2D eigenvalue weighted by molar-refractivity contribution is -0.275. The molecule has 0 N–H and O–H groups in total. The lowest BCUT2D eigenvalue weighted by Crippen LogP contribution is -2.16. The SMILES string of the molecule is [C-]#[N+]N=c1c2cc(-c3ccc(OC(F)(F)F)cc3)ccc2c2cc3c(=NC#N)c4cc(-c5ccc(OC(F)(F)F)cc5)ccc4c3cc12. The van der Waals surface area contributed by atoms with Crippen LogP contribution in [0.5, 0.6) is 11.5 Å². The molecular formula is C36H16F6N4O2. The Hall–Kier alpha value is -6.40. The molecule has 0 aliphatic carbocycles. The zero-order chi connectivity index (χ0) is 33.8. The maximum absolute atomic E-state index is 12.6. The molecule has 0 radical (unpaired) electrons. The Morgan fingerprint density at radius 1 is 0.521 bits per heavy atom. The van der Waals surface area contributed by atoms with Gasteiger partial charge in [0.05, 0.1) is 10.5 Å². The molecular weight excluding hydrogens is 634 g/mol. The van der Waals surface area contributed by atoms with Gasteiger partial charge in [0.25, 0.3) is 0 Å². The number of halogens is 6. The Morgan fingerprint density at radius 3 is 1.33 bits per heavy atom. The molecule has 0 atom stereocenters. The van der Waals surface area contributed by atoms with Crippen molar-refractivity contribution in [3.05, 3.63) is 119 Å². The Labute approximate surface area is 266 Å². The summed E-state index contributed by atoms with van der Waals surface area (Å²) in [5, 5.41) is 20.3. The van der Waals surface area contributed by atoms with Crippen molar-refractivity contribution in [2.24, 2.45) is 10.1 Å². The largest absolute Gasteiger partial charge is 0.573 e. The maximum Gasteiger partial charge on any atom is 0.573 e. The highest BCUT2D eigenvalue weighted by Crippen LogP contribution is 2.36. The van der Waals surface area contributed by atoms with Crippen LogP contribution in [0.1, 0.15) is 0 Å². The number of nitriles is 1. The first-order chi connectivity index (χ1) is 22.9. The highest BCUT2D eigenvalue weighted by Gasteiger charge is 2.31. The fraction of sp³-hybridized carbons (Fsp3) is 0.0556. The third-order valence-electron chi connectivity index (χ3n) is 7.95. The van der Waals surface area contributed by atoms with E-state index in [9.17, 15) is 31.6 Å². The van der Waals surface area contributed by atoms with Crippen LogP contribution in [0.25, 0.3) is 70.3 Å². The fourth-order valence-corrected chi connectivity index (χ4v) is 6.06. The zero-order valence-electron chi connectivity index (χ0n) is 24.1. The van der Waals surface area contributed by atoms with Gasteiger partial charge in [0.15, 0.2) is 5.36 Å². The average Bonchev–Trinajstić information content (AvgIpc) is 3.50. The van der Waals surface area contributed by atoms with Crippen molar-refractivity contribution >= 4 is 43.1 Å². The first kappa shape index (κ1) is 30.3. The minimum Gasteiger partial charge on any atom is -0.406 e. The van der Waals surface area contributed by atoms with Gasteiger partial charge in [0.1, 0.15) is 11.5 Å². The van der Waals surface area contributed by atoms with E-state index in [1.807, 2.05) is 54.7 Å². The van der Waals surface area contributed by atoms with Crippen LogP contribution in [-0.4, -0.2) is 12.7 Å². The molecule has 0 unspecified atom stereocenters. The van der Waals surface area contributed by atoms with Crippen molar-refractivity contribution in [2.75, 3.05) is 0 Å². The van der Waals surface area contributed by atoms with Crippen LogP contribution in [0.2, 0.25) is 0 Å². The van der Waals surface area contributed by atoms with Crippen molar-refractivity contribution in [3.63, 3.8) is 0 Å². The molecule has 6 nitrogen and oxygen atoms in total. The third kappa shape index (κ3) is 5.50. The van der Waals surface area contributed by atoms with E-state index in [-0.39, 0.29) is 11.5 Å². The molecule has 0 amide bonds. The molecule has 0 spiro atoms. The maximum atomic E-state index is 12.6. The Morgan fingerprint density at radius 2 is 0.917 bits per heavy atom. The van der Waals surface area contributed by atoms with Crippen LogP contribution in [0.3, 0.4) is 0 Å². The normalized spacial score (nSPS) is 13.0. The van der Waals surface area contributed by atoms with Crippen LogP contribution >= 0.6 is 0 Å². The van der Waals surface area contributed by atoms with Gasteiger partial charge >= 0.3 is 12.7 Å². The van der Waals surface area contributed by atoms with Crippen molar-refractivity contribution in [1.82, 2.24) is 0 Å². The van der Waals surface area contributed by atoms with Gasteiger partial charge in [-0.05, 0) is 92.3 Å². The number of hydrogen-bond donors (Lipinski definition) is 0. The topological polar surface area (TPSA) is 71.3 Å². The number of fused-ring (bicyclic) bond motifs is 6. The van der Waals surface area contributed by atoms with E-state index in [1.54, 1.807) is 0 Å². The quantitative estimate of drug-likeness (QED) is 0.0825. The third-order valence-corrected chi connectivity index (χ3v) is 7.95. The predicted octanol–water partition coefficient (Wildman–Crippen LogP) is 9.42. The second kappa shape index (κ2) is 11.1. The van der Waals surface area contributed by atoms with Crippen molar-refractivity contribution in [1.29, 1.82) is 5.26 Å². The molecule has 0 heterocycles. The number of rotatable bonds is 4. The minimum atomic E-state index is -4.81. The van der Waals surface area contributed by atoms with Gasteiger partial charge in [-0.2, -0.15) is 16.8 Å². The van der Waals surface area contributed by atoms with Crippen molar-refractivity contribution < 1.29 is 35.8 Å². The molecule has 7 rings (SSSR count). The summed E-state index contributed by atoms with van der Waals surface area (Å²) in [4.78, 5) is 7.43. The molecule has 234 valence electrons. The van der Waals surface area contributed by atoms with Gasteiger partial charge in [-0.1, -0.05) is 48.5 Å². The highest BCUT2D eigenvalue weighted by atomic mass is 19.4. The lowest BCUT2D eigenvalue weighted by Gasteiger charge is -2.09. The summed E-state index contributed by atoms with van der Waals surface area (Å²) >= 11 is 0. The van der Waals surface area contributed by atoms with E-state index < -0.39 is 12.7 Å². The number of ether oxygens (including phenoxy) is 2. The van der Waals surface area contributed by atoms with Crippen LogP contribution in [-0.2, 0) is 0 Å². The van der Waals surface area contributed by atoms with Gasteiger partial charge in [0.2, 0.25) is 6.19 Å². The second-order valence-corrected chi connectivity index (χ2v) is 10.7. The van der Waals surface area contributed by atoms with E-state index >= 15 is 0 Å². The minimum absolute atomic E-state index is 0.347. The van der Waals surface area contributed by atoms with Crippen molar-refractivity contribution in [2.45, 2.75) is 12.7 Å². The van der Waals surface area contributed by atoms with Crippen molar-refractivity contribution in [3.8, 4) is 39.9 Å². The summed E-state index contributed by atoms with van der Waals surface area (Å²) in [6, 6.07) is 25.6. The first-order valence-corrected chi connectivity index (χ1v) is 14.0. The predicted molar refractivity (Wildman–Crippen MR) is 166 cm³/mol. The number of alkyl halides is 6. The summed E-state index contributed by atoms with van der Waals surface area (Å²) < 4.78 is 83.7. The summed E-state index contributed by atoms with van der Waals surface area (Å²) in [6.07, 6.45) is -7.75. The van der Waals surface area contributed by atoms with Crippen LogP contribution < -0.4 is 20.2 Å². The smallest absolute Gasteiger partial charge is 0.406 e. The molecule has 0 fully saturated rings. The molecule has 7 aromatic rings. The Bertz CT molecular complexity index is 2420. The summed E-state index contributed by atoms with van der Waals surface area (Å²) in [7, 11) is 0. The lowest BCUT2D eigenvalue weighted by atomic mass is 10.0. The van der Waals surface area contributed by atoms with E-state index in [2.05, 4.69) is 24.5 Å². The molecule has 0 aliphatic rings. The van der Waals surface area contributed by atoms with E-state index in [4.69, 9.17) is 6.57 Å². The first-order valence-electron chi connectivity index (χ1n) is 14.0. The molecule has 0 saturated carbocycles. The summed E-state index contributed by atoms with van der Waals surface area (Å²) in [5.74, 6) is -0.695. The van der Waals surface area contributed by atoms with E-state index in [1.165, 1.54) is 48.5 Å². The number of benzene rings is 5. The van der Waals surface area contributed by atoms with Crippen LogP contribution in [0.15, 0.2) is 107 Å². The molecule has 0 saturated heterocycles. The molecule has 0 aromatic heterocycles. The summed E-state index contributed by atoms with van der Waals surface area (Å²) in [6.45, 7) is 7.49. The summed E-state index contributed by atoms with van der Waals surface area (Å²) in [5.41, 5.74) is 2.63. The van der Waals surface area contributed by atoms with E-state index in [0.717, 1.165) is 21.5 Å². The number of nitrogens with zero attached hydrogens (tertiary/aromatic N) is 4. The monoisotopic (exact) mass is 650 g/mol. The van der Waals surface area contributed by atoms with Crippen LogP contribution in [0.4, 0.5) is 26.3 Å². The average molecular weight is 651 g/mol. The van der Waals surface area contributed by atoms with E-state index in [0.29, 0.717) is 54.5 Å². The van der Waals surface area contributed by atoms with Gasteiger partial charge in [0, 0.05) is 21.5 Å². The zero-order valence-corrected chi connectivity index (χ0v) is 24.1. The second-order valence-electron chi connectivity index (χ2n) is 10.7. The van der Waals surface area contributed by atoms with Gasteiger partial charge < -0.3 is 9.47 Å².